The number of aromatic nitrogens is 2. The van der Waals surface area contributed by atoms with E-state index in [-0.39, 0.29) is 11.9 Å². The third kappa shape index (κ3) is 2.46. The van der Waals surface area contributed by atoms with Gasteiger partial charge in [0.25, 0.3) is 5.91 Å². The lowest BCUT2D eigenvalue weighted by molar-refractivity contribution is -0.142. The maximum Gasteiger partial charge on any atom is 0.339 e. The molecule has 1 aromatic carbocycles. The van der Waals surface area contributed by atoms with Crippen molar-refractivity contribution in [2.45, 2.75) is 38.3 Å². The van der Waals surface area contributed by atoms with Gasteiger partial charge in [0.2, 0.25) is 5.89 Å². The summed E-state index contributed by atoms with van der Waals surface area (Å²) in [6.45, 7) is 2.32. The van der Waals surface area contributed by atoms with Crippen LogP contribution in [0.1, 0.15) is 46.5 Å². The van der Waals surface area contributed by atoms with Gasteiger partial charge in [-0.3, -0.25) is 4.79 Å². The van der Waals surface area contributed by atoms with Crippen LogP contribution in [-0.2, 0) is 16.0 Å². The topological polar surface area (TPSA) is 85.5 Å². The van der Waals surface area contributed by atoms with Crippen molar-refractivity contribution in [1.82, 2.24) is 15.0 Å². The molecule has 0 bridgehead atoms. The molecule has 7 nitrogen and oxygen atoms in total. The van der Waals surface area contributed by atoms with Gasteiger partial charge < -0.3 is 14.2 Å². The minimum atomic E-state index is -0.791. The molecule has 2 atom stereocenters. The second-order valence-electron chi connectivity index (χ2n) is 6.12. The Balaban J connectivity index is 1.56. The van der Waals surface area contributed by atoms with Crippen molar-refractivity contribution in [3.8, 4) is 0 Å². The fraction of sp³-hybridized carbons (Fsp3) is 0.412. The average Bonchev–Trinajstić information content (AvgIpc) is 3.22. The first-order valence-electron chi connectivity index (χ1n) is 8.03. The third-order valence-electron chi connectivity index (χ3n) is 4.54. The molecule has 3 heterocycles. The van der Waals surface area contributed by atoms with E-state index in [9.17, 15) is 9.59 Å². The molecular weight excluding hydrogens is 310 g/mol. The Hall–Kier alpha value is -2.70. The number of hydrogen-bond donors (Lipinski definition) is 0. The Kier molecular flexibility index (Phi) is 3.55. The van der Waals surface area contributed by atoms with Crippen LogP contribution in [0, 0.1) is 6.92 Å². The zero-order chi connectivity index (χ0) is 16.7. The molecule has 1 fully saturated rings. The Morgan fingerprint density at radius 2 is 2.17 bits per heavy atom. The molecule has 4 rings (SSSR count). The molecule has 7 heteroatoms. The summed E-state index contributed by atoms with van der Waals surface area (Å²) in [6, 6.07) is 7.02. The third-order valence-corrected chi connectivity index (χ3v) is 4.54. The number of cyclic esters (lactones) is 1. The lowest BCUT2D eigenvalue weighted by Gasteiger charge is -2.29. The number of carbonyl (C=O) groups is 2. The van der Waals surface area contributed by atoms with E-state index in [4.69, 9.17) is 9.26 Å². The maximum atomic E-state index is 12.9. The molecule has 24 heavy (non-hydrogen) atoms. The number of ether oxygens (including phenoxy) is 1. The highest BCUT2D eigenvalue weighted by Gasteiger charge is 2.40. The molecule has 2 aromatic rings. The number of hydrogen-bond acceptors (Lipinski definition) is 6. The van der Waals surface area contributed by atoms with Crippen molar-refractivity contribution in [2.75, 3.05) is 6.54 Å². The number of carbonyl (C=O) groups excluding carboxylic acids is 2. The van der Waals surface area contributed by atoms with Crippen LogP contribution in [0.3, 0.4) is 0 Å². The fourth-order valence-corrected chi connectivity index (χ4v) is 3.40. The normalized spacial score (nSPS) is 23.0. The van der Waals surface area contributed by atoms with E-state index in [1.165, 1.54) is 0 Å². The van der Waals surface area contributed by atoms with Gasteiger partial charge in [0.15, 0.2) is 11.9 Å². The first-order chi connectivity index (χ1) is 11.6. The Labute approximate surface area is 138 Å². The second kappa shape index (κ2) is 5.74. The molecule has 0 radical (unpaired) electrons. The Bertz CT molecular complexity index is 801. The van der Waals surface area contributed by atoms with Gasteiger partial charge in [0.1, 0.15) is 0 Å². The second-order valence-corrected chi connectivity index (χ2v) is 6.12. The average molecular weight is 327 g/mol. The van der Waals surface area contributed by atoms with Gasteiger partial charge >= 0.3 is 5.97 Å². The summed E-state index contributed by atoms with van der Waals surface area (Å²) < 4.78 is 10.4. The summed E-state index contributed by atoms with van der Waals surface area (Å²) in [5, 5.41) is 3.94. The first kappa shape index (κ1) is 14.9. The molecular formula is C17H17N3O4. The molecule has 2 unspecified atom stereocenters. The lowest BCUT2D eigenvalue weighted by atomic mass is 9.98. The number of aryl methyl sites for hydroxylation is 1. The Morgan fingerprint density at radius 3 is 2.96 bits per heavy atom. The standard InChI is InChI=1S/C17H17N3O4/c1-10-18-15(19-24-10)13-7-4-8-20(13)16(21)14-9-11-5-2-3-6-12(11)17(22)23-14/h2-3,5-6,13-14H,4,7-9H2,1H3. The van der Waals surface area contributed by atoms with Crippen molar-refractivity contribution in [3.05, 3.63) is 47.1 Å². The van der Waals surface area contributed by atoms with Gasteiger partial charge in [-0.05, 0) is 24.5 Å². The van der Waals surface area contributed by atoms with Crippen molar-refractivity contribution in [2.24, 2.45) is 0 Å². The zero-order valence-corrected chi connectivity index (χ0v) is 13.3. The molecule has 2 aliphatic heterocycles. The van der Waals surface area contributed by atoms with E-state index in [1.807, 2.05) is 12.1 Å². The molecule has 1 saturated heterocycles. The first-order valence-corrected chi connectivity index (χ1v) is 8.03. The SMILES string of the molecule is Cc1nc(C2CCCN2C(=O)C2Cc3ccccc3C(=O)O2)no1. The van der Waals surface area contributed by atoms with E-state index in [0.717, 1.165) is 18.4 Å². The van der Waals surface area contributed by atoms with Crippen LogP contribution in [-0.4, -0.2) is 39.6 Å². The monoisotopic (exact) mass is 327 g/mol. The van der Waals surface area contributed by atoms with Gasteiger partial charge in [-0.1, -0.05) is 23.4 Å². The molecule has 2 aliphatic rings. The smallest absolute Gasteiger partial charge is 0.339 e. The van der Waals surface area contributed by atoms with Gasteiger partial charge in [0.05, 0.1) is 11.6 Å². The number of likely N-dealkylation sites (tertiary alicyclic amines) is 1. The van der Waals surface area contributed by atoms with Crippen LogP contribution in [0.15, 0.2) is 28.8 Å². The lowest BCUT2D eigenvalue weighted by Crippen LogP contribution is -2.44. The van der Waals surface area contributed by atoms with E-state index >= 15 is 0 Å². The van der Waals surface area contributed by atoms with E-state index in [2.05, 4.69) is 10.1 Å². The summed E-state index contributed by atoms with van der Waals surface area (Å²) in [5.74, 6) is 0.354. The number of esters is 1. The molecule has 124 valence electrons. The molecule has 0 N–H and O–H groups in total. The van der Waals surface area contributed by atoms with Gasteiger partial charge in [0, 0.05) is 19.9 Å². The molecule has 0 saturated carbocycles. The number of rotatable bonds is 2. The van der Waals surface area contributed by atoms with Crippen LogP contribution < -0.4 is 0 Å². The van der Waals surface area contributed by atoms with Gasteiger partial charge in [-0.15, -0.1) is 0 Å². The van der Waals surface area contributed by atoms with Crippen molar-refractivity contribution in [1.29, 1.82) is 0 Å². The molecule has 0 aliphatic carbocycles. The summed E-state index contributed by atoms with van der Waals surface area (Å²) >= 11 is 0. The van der Waals surface area contributed by atoms with Crippen LogP contribution in [0.4, 0.5) is 0 Å². The Morgan fingerprint density at radius 1 is 1.33 bits per heavy atom. The van der Waals surface area contributed by atoms with Gasteiger partial charge in [-0.2, -0.15) is 4.98 Å². The largest absolute Gasteiger partial charge is 0.448 e. The van der Waals surface area contributed by atoms with E-state index in [0.29, 0.717) is 30.2 Å². The highest BCUT2D eigenvalue weighted by molar-refractivity contribution is 5.95. The van der Waals surface area contributed by atoms with Crippen molar-refractivity contribution >= 4 is 11.9 Å². The van der Waals surface area contributed by atoms with Gasteiger partial charge in [-0.25, -0.2) is 4.79 Å². The quantitative estimate of drug-likeness (QED) is 0.782. The van der Waals surface area contributed by atoms with Crippen LogP contribution in [0.5, 0.6) is 0 Å². The van der Waals surface area contributed by atoms with Crippen LogP contribution in [0.25, 0.3) is 0 Å². The minimum Gasteiger partial charge on any atom is -0.448 e. The fourth-order valence-electron chi connectivity index (χ4n) is 3.40. The number of nitrogens with zero attached hydrogens (tertiary/aromatic N) is 3. The predicted molar refractivity (Wildman–Crippen MR) is 82.1 cm³/mol. The predicted octanol–water partition coefficient (Wildman–Crippen LogP) is 1.82. The maximum absolute atomic E-state index is 12.9. The number of amides is 1. The highest BCUT2D eigenvalue weighted by Crippen LogP contribution is 2.32. The van der Waals surface area contributed by atoms with Crippen LogP contribution >= 0.6 is 0 Å². The minimum absolute atomic E-state index is 0.192. The molecule has 0 spiro atoms. The summed E-state index contributed by atoms with van der Waals surface area (Å²) in [7, 11) is 0. The van der Waals surface area contributed by atoms with E-state index in [1.54, 1.807) is 24.0 Å². The van der Waals surface area contributed by atoms with Crippen molar-refractivity contribution < 1.29 is 18.8 Å². The van der Waals surface area contributed by atoms with E-state index < -0.39 is 12.1 Å². The molecule has 1 aromatic heterocycles. The highest BCUT2D eigenvalue weighted by atomic mass is 16.5. The van der Waals surface area contributed by atoms with Crippen LogP contribution in [0.2, 0.25) is 0 Å². The summed E-state index contributed by atoms with van der Waals surface area (Å²) in [5.41, 5.74) is 1.38. The molecule has 1 amide bonds. The summed E-state index contributed by atoms with van der Waals surface area (Å²) in [4.78, 5) is 31.0. The number of benzene rings is 1. The summed E-state index contributed by atoms with van der Waals surface area (Å²) in [6.07, 6.45) is 1.25. The number of fused-ring (bicyclic) bond motifs is 1. The van der Waals surface area contributed by atoms with Crippen molar-refractivity contribution in [3.63, 3.8) is 0 Å². The zero-order valence-electron chi connectivity index (χ0n) is 13.3.